The van der Waals surface area contributed by atoms with Gasteiger partial charge in [0.15, 0.2) is 0 Å². The van der Waals surface area contributed by atoms with E-state index < -0.39 is 18.8 Å². The maximum atomic E-state index is 13.3. The van der Waals surface area contributed by atoms with Crippen LogP contribution in [0.4, 0.5) is 13.2 Å². The number of hydrogen-bond acceptors (Lipinski definition) is 4. The van der Waals surface area contributed by atoms with E-state index in [1.54, 1.807) is 12.3 Å². The van der Waals surface area contributed by atoms with Crippen LogP contribution in [0.5, 0.6) is 0 Å². The molecule has 9 heteroatoms. The largest absolute Gasteiger partial charge is 0.401 e. The standard InChI is InChI=1S/C22H22BrF3N4O/c23-14-4-6-19(27-11-14)21-16-5-7-18-17(12-30(28-18)20-3-1-2-10-31-20)15(16)8-9-29(21)13-22(24,25)26/h4-7,11-12,20-21H,1-3,8-10,13H2. The summed E-state index contributed by atoms with van der Waals surface area (Å²) in [5, 5.41) is 5.70. The lowest BCUT2D eigenvalue weighted by atomic mass is 9.88. The lowest BCUT2D eigenvalue weighted by Crippen LogP contribution is -2.42. The molecule has 2 atom stereocenters. The van der Waals surface area contributed by atoms with Crippen LogP contribution in [0.2, 0.25) is 0 Å². The van der Waals surface area contributed by atoms with Gasteiger partial charge < -0.3 is 4.74 Å². The highest BCUT2D eigenvalue weighted by molar-refractivity contribution is 9.10. The van der Waals surface area contributed by atoms with Gasteiger partial charge in [-0.1, -0.05) is 6.07 Å². The van der Waals surface area contributed by atoms with Crippen molar-refractivity contribution in [3.05, 3.63) is 58.0 Å². The Morgan fingerprint density at radius 2 is 2.03 bits per heavy atom. The number of benzene rings is 1. The summed E-state index contributed by atoms with van der Waals surface area (Å²) in [6.07, 6.45) is 2.88. The first-order valence-electron chi connectivity index (χ1n) is 10.4. The van der Waals surface area contributed by atoms with Gasteiger partial charge in [-0.05, 0) is 70.9 Å². The zero-order chi connectivity index (χ0) is 21.6. The van der Waals surface area contributed by atoms with Gasteiger partial charge in [-0.25, -0.2) is 4.68 Å². The van der Waals surface area contributed by atoms with Crippen LogP contribution in [0.15, 0.2) is 41.1 Å². The molecule has 0 amide bonds. The van der Waals surface area contributed by atoms with Crippen LogP contribution in [0, 0.1) is 0 Å². The summed E-state index contributed by atoms with van der Waals surface area (Å²) in [7, 11) is 0. The molecule has 2 aliphatic heterocycles. The number of aromatic nitrogens is 3. The minimum atomic E-state index is -4.28. The predicted molar refractivity (Wildman–Crippen MR) is 114 cm³/mol. The summed E-state index contributed by atoms with van der Waals surface area (Å²) >= 11 is 3.36. The number of ether oxygens (including phenoxy) is 1. The van der Waals surface area contributed by atoms with Crippen molar-refractivity contribution >= 4 is 26.8 Å². The average molecular weight is 495 g/mol. The van der Waals surface area contributed by atoms with Gasteiger partial charge in [-0.3, -0.25) is 9.88 Å². The average Bonchev–Trinajstić information content (AvgIpc) is 3.19. The van der Waals surface area contributed by atoms with E-state index in [4.69, 9.17) is 9.84 Å². The molecule has 1 fully saturated rings. The molecular formula is C22H22BrF3N4O. The van der Waals surface area contributed by atoms with Gasteiger partial charge >= 0.3 is 6.18 Å². The monoisotopic (exact) mass is 494 g/mol. The third-order valence-corrected chi connectivity index (χ3v) is 6.50. The minimum absolute atomic E-state index is 0.0777. The summed E-state index contributed by atoms with van der Waals surface area (Å²) in [5.41, 5.74) is 3.37. The molecule has 1 saturated heterocycles. The lowest BCUT2D eigenvalue weighted by molar-refractivity contribution is -0.150. The Bertz CT molecular complexity index is 1080. The summed E-state index contributed by atoms with van der Waals surface area (Å²) in [4.78, 5) is 5.91. The SMILES string of the molecule is FC(F)(F)CN1CCc2c(ccc3nn(C4CCCCO4)cc23)C1c1ccc(Br)cn1. The number of halogens is 4. The fraction of sp³-hybridized carbons (Fsp3) is 0.455. The van der Waals surface area contributed by atoms with E-state index in [0.717, 1.165) is 52.4 Å². The molecule has 2 aromatic heterocycles. The van der Waals surface area contributed by atoms with E-state index in [2.05, 4.69) is 20.9 Å². The van der Waals surface area contributed by atoms with Crippen LogP contribution in [0.25, 0.3) is 10.9 Å². The number of hydrogen-bond donors (Lipinski definition) is 0. The number of pyridine rings is 1. The number of fused-ring (bicyclic) bond motifs is 3. The smallest absolute Gasteiger partial charge is 0.357 e. The van der Waals surface area contributed by atoms with Crippen molar-refractivity contribution in [3.8, 4) is 0 Å². The zero-order valence-corrected chi connectivity index (χ0v) is 18.4. The molecule has 0 spiro atoms. The van der Waals surface area contributed by atoms with Gasteiger partial charge in [-0.15, -0.1) is 0 Å². The minimum Gasteiger partial charge on any atom is -0.357 e. The van der Waals surface area contributed by atoms with Gasteiger partial charge in [-0.2, -0.15) is 18.3 Å². The van der Waals surface area contributed by atoms with Crippen molar-refractivity contribution in [3.63, 3.8) is 0 Å². The third-order valence-electron chi connectivity index (χ3n) is 6.03. The van der Waals surface area contributed by atoms with E-state index in [9.17, 15) is 13.2 Å². The quantitative estimate of drug-likeness (QED) is 0.488. The molecule has 4 heterocycles. The fourth-order valence-corrected chi connectivity index (χ4v) is 4.91. The van der Waals surface area contributed by atoms with E-state index in [-0.39, 0.29) is 6.23 Å². The topological polar surface area (TPSA) is 43.2 Å². The van der Waals surface area contributed by atoms with Gasteiger partial charge in [0.05, 0.1) is 23.8 Å². The van der Waals surface area contributed by atoms with Crippen molar-refractivity contribution in [2.75, 3.05) is 19.7 Å². The molecule has 0 aliphatic carbocycles. The summed E-state index contributed by atoms with van der Waals surface area (Å²) < 4.78 is 48.5. The number of nitrogens with zero attached hydrogens (tertiary/aromatic N) is 4. The van der Waals surface area contributed by atoms with Crippen LogP contribution in [-0.2, 0) is 11.2 Å². The van der Waals surface area contributed by atoms with Crippen molar-refractivity contribution in [1.29, 1.82) is 0 Å². The van der Waals surface area contributed by atoms with Crippen molar-refractivity contribution in [1.82, 2.24) is 19.7 Å². The van der Waals surface area contributed by atoms with Crippen LogP contribution >= 0.6 is 15.9 Å². The molecule has 0 N–H and O–H groups in total. The van der Waals surface area contributed by atoms with E-state index >= 15 is 0 Å². The maximum absolute atomic E-state index is 13.3. The number of rotatable bonds is 3. The molecule has 0 bridgehead atoms. The first-order chi connectivity index (χ1) is 14.9. The van der Waals surface area contributed by atoms with E-state index in [1.807, 2.05) is 29.1 Å². The van der Waals surface area contributed by atoms with Gasteiger partial charge in [0.1, 0.15) is 6.23 Å². The number of alkyl halides is 3. The van der Waals surface area contributed by atoms with Crippen LogP contribution in [0.1, 0.15) is 48.4 Å². The third kappa shape index (κ3) is 4.23. The Kier molecular flexibility index (Phi) is 5.52. The highest BCUT2D eigenvalue weighted by atomic mass is 79.9. The molecule has 1 aromatic carbocycles. The molecule has 3 aromatic rings. The molecule has 31 heavy (non-hydrogen) atoms. The van der Waals surface area contributed by atoms with E-state index in [1.165, 1.54) is 4.90 Å². The first kappa shape index (κ1) is 20.9. The second-order valence-corrected chi connectivity index (χ2v) is 9.05. The molecule has 2 aliphatic rings. The lowest BCUT2D eigenvalue weighted by Gasteiger charge is -2.37. The molecule has 0 saturated carbocycles. The normalized spacial score (nSPS) is 22.6. The zero-order valence-electron chi connectivity index (χ0n) is 16.8. The summed E-state index contributed by atoms with van der Waals surface area (Å²) in [6, 6.07) is 6.86. The second-order valence-electron chi connectivity index (χ2n) is 8.14. The molecule has 5 rings (SSSR count). The molecule has 5 nitrogen and oxygen atoms in total. The van der Waals surface area contributed by atoms with E-state index in [0.29, 0.717) is 18.7 Å². The highest BCUT2D eigenvalue weighted by Crippen LogP contribution is 2.39. The van der Waals surface area contributed by atoms with Crippen molar-refractivity contribution in [2.24, 2.45) is 0 Å². The van der Waals surface area contributed by atoms with Gasteiger partial charge in [0.2, 0.25) is 0 Å². The second kappa shape index (κ2) is 8.18. The Balaban J connectivity index is 1.58. The summed E-state index contributed by atoms with van der Waals surface area (Å²) in [6.45, 7) is 0.0594. The Morgan fingerprint density at radius 3 is 2.74 bits per heavy atom. The van der Waals surface area contributed by atoms with Gasteiger partial charge in [0.25, 0.3) is 0 Å². The maximum Gasteiger partial charge on any atom is 0.401 e. The molecule has 164 valence electrons. The molecule has 0 radical (unpaired) electrons. The van der Waals surface area contributed by atoms with Crippen LogP contribution in [0.3, 0.4) is 0 Å². The van der Waals surface area contributed by atoms with Gasteiger partial charge in [0, 0.05) is 35.4 Å². The Labute approximate surface area is 186 Å². The van der Waals surface area contributed by atoms with Crippen molar-refractivity contribution in [2.45, 2.75) is 44.1 Å². The van der Waals surface area contributed by atoms with Crippen LogP contribution in [-0.4, -0.2) is 45.5 Å². The van der Waals surface area contributed by atoms with Crippen molar-refractivity contribution < 1.29 is 17.9 Å². The molecular weight excluding hydrogens is 473 g/mol. The summed E-state index contributed by atoms with van der Waals surface area (Å²) in [5.74, 6) is 0. The Hall–Kier alpha value is -1.97. The first-order valence-corrected chi connectivity index (χ1v) is 11.2. The highest BCUT2D eigenvalue weighted by Gasteiger charge is 2.38. The predicted octanol–water partition coefficient (Wildman–Crippen LogP) is 5.40. The Morgan fingerprint density at radius 1 is 1.16 bits per heavy atom. The molecule has 2 unspecified atom stereocenters. The van der Waals surface area contributed by atoms with Crippen LogP contribution < -0.4 is 0 Å². The fourth-order valence-electron chi connectivity index (χ4n) is 4.68.